The van der Waals surface area contributed by atoms with E-state index in [4.69, 9.17) is 4.98 Å². The number of imidazole rings is 1. The average molecular weight is 408 g/mol. The Hall–Kier alpha value is -3.66. The zero-order valence-electron chi connectivity index (χ0n) is 17.6. The summed E-state index contributed by atoms with van der Waals surface area (Å²) in [6.45, 7) is 3.44. The molecule has 4 aromatic rings. The molecule has 0 N–H and O–H groups in total. The third-order valence-corrected chi connectivity index (χ3v) is 5.89. The van der Waals surface area contributed by atoms with Crippen molar-refractivity contribution < 1.29 is 4.79 Å². The maximum Gasteiger partial charge on any atom is 0.227 e. The molecule has 1 aliphatic heterocycles. The maximum absolute atomic E-state index is 12.9. The van der Waals surface area contributed by atoms with Gasteiger partial charge in [0.25, 0.3) is 0 Å². The number of allylic oxidation sites excluding steroid dienone is 1. The second-order valence-corrected chi connectivity index (χ2v) is 8.13. The molecular formula is C27H25N3O. The van der Waals surface area contributed by atoms with Gasteiger partial charge in [0.05, 0.1) is 11.0 Å². The lowest BCUT2D eigenvalue weighted by Gasteiger charge is -2.17. The average Bonchev–Trinajstić information content (AvgIpc) is 3.35. The highest BCUT2D eigenvalue weighted by atomic mass is 16.2. The fraction of sp³-hybridized carbons (Fsp3) is 0.185. The predicted octanol–water partition coefficient (Wildman–Crippen LogP) is 5.58. The Morgan fingerprint density at radius 3 is 2.65 bits per heavy atom. The third-order valence-electron chi connectivity index (χ3n) is 5.89. The molecule has 154 valence electrons. The van der Waals surface area contributed by atoms with E-state index in [2.05, 4.69) is 54.0 Å². The molecule has 1 aliphatic rings. The Kier molecular flexibility index (Phi) is 5.13. The minimum Gasteiger partial charge on any atom is -0.324 e. The van der Waals surface area contributed by atoms with Crippen molar-refractivity contribution in [2.75, 3.05) is 11.4 Å². The summed E-state index contributed by atoms with van der Waals surface area (Å²) < 4.78 is 2.26. The fourth-order valence-corrected chi connectivity index (χ4v) is 4.38. The van der Waals surface area contributed by atoms with Crippen molar-refractivity contribution in [3.05, 3.63) is 102 Å². The van der Waals surface area contributed by atoms with E-state index in [-0.39, 0.29) is 11.8 Å². The molecule has 1 saturated heterocycles. The molecular weight excluding hydrogens is 382 g/mol. The second kappa shape index (κ2) is 8.23. The van der Waals surface area contributed by atoms with Crippen molar-refractivity contribution in [3.8, 4) is 0 Å². The van der Waals surface area contributed by atoms with E-state index in [0.717, 1.165) is 34.7 Å². The standard InChI is InChI=1S/C27H25N3O/c1-20-9-7-13-23(17-20)30-19-22(18-26(30)31)27-28-24-14-5-6-15-25(24)29(27)16-8-12-21-10-3-2-4-11-21/h2-15,17,22H,16,18-19H2,1H3/b12-8+/t22-/m1/s1. The lowest BCUT2D eigenvalue weighted by atomic mass is 10.1. The van der Waals surface area contributed by atoms with Crippen LogP contribution in [0.2, 0.25) is 0 Å². The molecule has 4 nitrogen and oxygen atoms in total. The Morgan fingerprint density at radius 2 is 1.81 bits per heavy atom. The topological polar surface area (TPSA) is 38.1 Å². The molecule has 0 saturated carbocycles. The monoisotopic (exact) mass is 407 g/mol. The third kappa shape index (κ3) is 3.89. The van der Waals surface area contributed by atoms with E-state index in [1.54, 1.807) is 0 Å². The van der Waals surface area contributed by atoms with Crippen LogP contribution in [-0.2, 0) is 11.3 Å². The molecule has 0 unspecified atom stereocenters. The van der Waals surface area contributed by atoms with Crippen molar-refractivity contribution in [2.24, 2.45) is 0 Å². The van der Waals surface area contributed by atoms with E-state index < -0.39 is 0 Å². The number of para-hydroxylation sites is 2. The first-order chi connectivity index (χ1) is 15.2. The number of fused-ring (bicyclic) bond motifs is 1. The summed E-state index contributed by atoms with van der Waals surface area (Å²) in [4.78, 5) is 19.7. The minimum atomic E-state index is 0.0746. The van der Waals surface area contributed by atoms with Gasteiger partial charge in [0.1, 0.15) is 5.82 Å². The zero-order chi connectivity index (χ0) is 21.2. The molecule has 1 atom stereocenters. The number of amides is 1. The quantitative estimate of drug-likeness (QED) is 0.433. The van der Waals surface area contributed by atoms with Crippen molar-refractivity contribution >= 4 is 28.7 Å². The fourth-order valence-electron chi connectivity index (χ4n) is 4.38. The summed E-state index contributed by atoms with van der Waals surface area (Å²) in [7, 11) is 0. The number of carbonyl (C=O) groups excluding carboxylic acids is 1. The molecule has 0 radical (unpaired) electrons. The van der Waals surface area contributed by atoms with Gasteiger partial charge in [-0.05, 0) is 42.3 Å². The van der Waals surface area contributed by atoms with Crippen LogP contribution in [0.5, 0.6) is 0 Å². The molecule has 4 heteroatoms. The first-order valence-corrected chi connectivity index (χ1v) is 10.7. The van der Waals surface area contributed by atoms with Gasteiger partial charge in [0.2, 0.25) is 5.91 Å². The molecule has 31 heavy (non-hydrogen) atoms. The van der Waals surface area contributed by atoms with Gasteiger partial charge < -0.3 is 9.47 Å². The molecule has 5 rings (SSSR count). The smallest absolute Gasteiger partial charge is 0.227 e. The van der Waals surface area contributed by atoms with Crippen molar-refractivity contribution in [2.45, 2.75) is 25.8 Å². The van der Waals surface area contributed by atoms with Crippen LogP contribution < -0.4 is 4.90 Å². The van der Waals surface area contributed by atoms with Gasteiger partial charge in [0, 0.05) is 31.1 Å². The summed E-state index contributed by atoms with van der Waals surface area (Å²) in [6, 6.07) is 26.7. The highest BCUT2D eigenvalue weighted by Gasteiger charge is 2.34. The lowest BCUT2D eigenvalue weighted by molar-refractivity contribution is -0.117. The van der Waals surface area contributed by atoms with Gasteiger partial charge in [-0.3, -0.25) is 4.79 Å². The van der Waals surface area contributed by atoms with E-state index in [1.165, 1.54) is 5.56 Å². The van der Waals surface area contributed by atoms with Crippen LogP contribution in [0.3, 0.4) is 0 Å². The lowest BCUT2D eigenvalue weighted by Crippen LogP contribution is -2.24. The van der Waals surface area contributed by atoms with Gasteiger partial charge in [0.15, 0.2) is 0 Å². The Balaban J connectivity index is 1.46. The van der Waals surface area contributed by atoms with Crippen LogP contribution in [0, 0.1) is 6.92 Å². The molecule has 1 amide bonds. The highest BCUT2D eigenvalue weighted by molar-refractivity contribution is 5.96. The van der Waals surface area contributed by atoms with Crippen molar-refractivity contribution in [1.82, 2.24) is 9.55 Å². The number of aryl methyl sites for hydroxylation is 1. The zero-order valence-corrected chi connectivity index (χ0v) is 17.6. The van der Waals surface area contributed by atoms with E-state index in [1.807, 2.05) is 53.4 Å². The van der Waals surface area contributed by atoms with Crippen molar-refractivity contribution in [3.63, 3.8) is 0 Å². The number of hydrogen-bond acceptors (Lipinski definition) is 2. The normalized spacial score (nSPS) is 16.6. The molecule has 3 aromatic carbocycles. The van der Waals surface area contributed by atoms with Crippen LogP contribution in [0.4, 0.5) is 5.69 Å². The Morgan fingerprint density at radius 1 is 1.00 bits per heavy atom. The number of carbonyl (C=O) groups is 1. The number of hydrogen-bond donors (Lipinski definition) is 0. The molecule has 0 spiro atoms. The Labute approximate surface area is 182 Å². The first kappa shape index (κ1) is 19.3. The number of anilines is 1. The van der Waals surface area contributed by atoms with E-state index in [0.29, 0.717) is 13.0 Å². The van der Waals surface area contributed by atoms with Crippen LogP contribution in [0.25, 0.3) is 17.1 Å². The van der Waals surface area contributed by atoms with E-state index in [9.17, 15) is 4.79 Å². The Bertz CT molecular complexity index is 1260. The van der Waals surface area contributed by atoms with E-state index >= 15 is 0 Å². The molecule has 1 aromatic heterocycles. The van der Waals surface area contributed by atoms with Gasteiger partial charge in [-0.1, -0.05) is 66.7 Å². The summed E-state index contributed by atoms with van der Waals surface area (Å²) in [6.07, 6.45) is 4.79. The minimum absolute atomic E-state index is 0.0746. The number of rotatable bonds is 5. The second-order valence-electron chi connectivity index (χ2n) is 8.13. The molecule has 0 bridgehead atoms. The summed E-state index contributed by atoms with van der Waals surface area (Å²) in [5.74, 6) is 1.22. The summed E-state index contributed by atoms with van der Waals surface area (Å²) >= 11 is 0. The van der Waals surface area contributed by atoms with Gasteiger partial charge >= 0.3 is 0 Å². The SMILES string of the molecule is Cc1cccc(N2C[C@H](c3nc4ccccc4n3C/C=C/c3ccccc3)CC2=O)c1. The number of aromatic nitrogens is 2. The highest BCUT2D eigenvalue weighted by Crippen LogP contribution is 2.33. The van der Waals surface area contributed by atoms with Crippen LogP contribution in [0.1, 0.15) is 29.3 Å². The van der Waals surface area contributed by atoms with Gasteiger partial charge in [-0.2, -0.15) is 0 Å². The number of benzene rings is 3. The van der Waals surface area contributed by atoms with Crippen LogP contribution in [0.15, 0.2) is 84.9 Å². The first-order valence-electron chi connectivity index (χ1n) is 10.7. The predicted molar refractivity (Wildman–Crippen MR) is 126 cm³/mol. The summed E-state index contributed by atoms with van der Waals surface area (Å²) in [5, 5.41) is 0. The summed E-state index contributed by atoms with van der Waals surface area (Å²) in [5.41, 5.74) is 5.39. The number of nitrogens with zero attached hydrogens (tertiary/aromatic N) is 3. The van der Waals surface area contributed by atoms with Crippen LogP contribution >= 0.6 is 0 Å². The van der Waals surface area contributed by atoms with Gasteiger partial charge in [-0.15, -0.1) is 0 Å². The van der Waals surface area contributed by atoms with Gasteiger partial charge in [-0.25, -0.2) is 4.98 Å². The largest absolute Gasteiger partial charge is 0.324 e. The van der Waals surface area contributed by atoms with Crippen LogP contribution in [-0.4, -0.2) is 22.0 Å². The molecule has 0 aliphatic carbocycles. The molecule has 1 fully saturated rings. The maximum atomic E-state index is 12.9. The van der Waals surface area contributed by atoms with Crippen molar-refractivity contribution in [1.29, 1.82) is 0 Å². The molecule has 2 heterocycles.